The Labute approximate surface area is 117 Å². The summed E-state index contributed by atoms with van der Waals surface area (Å²) in [6.07, 6.45) is 1.41. The summed E-state index contributed by atoms with van der Waals surface area (Å²) in [5.41, 5.74) is 0.306. The number of rotatable bonds is 3. The van der Waals surface area contributed by atoms with Crippen LogP contribution in [-0.4, -0.2) is 18.1 Å². The Bertz CT molecular complexity index is 619. The molecule has 1 aromatic carbocycles. The molecule has 0 aliphatic heterocycles. The second kappa shape index (κ2) is 5.79. The second-order valence-corrected chi connectivity index (χ2v) is 4.41. The smallest absolute Gasteiger partial charge is 0.338 e. The van der Waals surface area contributed by atoms with Crippen molar-refractivity contribution in [1.29, 1.82) is 0 Å². The van der Waals surface area contributed by atoms with Gasteiger partial charge in [0.1, 0.15) is 11.6 Å². The third kappa shape index (κ3) is 3.29. The zero-order valence-corrected chi connectivity index (χ0v) is 11.5. The number of hydrogen-bond donors (Lipinski definition) is 0. The van der Waals surface area contributed by atoms with Crippen molar-refractivity contribution >= 4 is 21.9 Å². The van der Waals surface area contributed by atoms with E-state index in [0.29, 0.717) is 10.0 Å². The Morgan fingerprint density at radius 1 is 1.32 bits per heavy atom. The van der Waals surface area contributed by atoms with Gasteiger partial charge in [0.25, 0.3) is 0 Å². The first kappa shape index (κ1) is 13.5. The lowest BCUT2D eigenvalue weighted by Gasteiger charge is -2.07. The first-order valence-electron chi connectivity index (χ1n) is 5.27. The highest BCUT2D eigenvalue weighted by atomic mass is 79.9. The Morgan fingerprint density at radius 2 is 2.11 bits per heavy atom. The fourth-order valence-electron chi connectivity index (χ4n) is 1.38. The quantitative estimate of drug-likeness (QED) is 0.809. The summed E-state index contributed by atoms with van der Waals surface area (Å²) < 4.78 is 23.7. The summed E-state index contributed by atoms with van der Waals surface area (Å²) in [4.78, 5) is 15.3. The molecule has 0 aliphatic carbocycles. The summed E-state index contributed by atoms with van der Waals surface area (Å²) in [5.74, 6) is -0.475. The number of carbonyl (C=O) groups excluding carboxylic acids is 1. The molecule has 2 aromatic rings. The van der Waals surface area contributed by atoms with Crippen LogP contribution < -0.4 is 4.74 Å². The van der Waals surface area contributed by atoms with E-state index in [1.165, 1.54) is 43.6 Å². The van der Waals surface area contributed by atoms with Crippen LogP contribution >= 0.6 is 15.9 Å². The van der Waals surface area contributed by atoms with E-state index >= 15 is 0 Å². The standard InChI is InChI=1S/C13H9BrFNO3/c1-18-13(17)8-4-5-16-12(6-8)19-11-7-9(15)2-3-10(11)14/h2-7H,1H3. The van der Waals surface area contributed by atoms with Crippen LogP contribution in [0.15, 0.2) is 41.0 Å². The molecule has 1 aromatic heterocycles. The molecule has 0 fully saturated rings. The van der Waals surface area contributed by atoms with Gasteiger partial charge in [-0.25, -0.2) is 14.2 Å². The molecule has 6 heteroatoms. The topological polar surface area (TPSA) is 48.4 Å². The Kier molecular flexibility index (Phi) is 4.11. The molecule has 0 saturated carbocycles. The molecule has 1 heterocycles. The first-order valence-corrected chi connectivity index (χ1v) is 6.06. The van der Waals surface area contributed by atoms with E-state index in [1.54, 1.807) is 0 Å². The van der Waals surface area contributed by atoms with Gasteiger partial charge < -0.3 is 9.47 Å². The van der Waals surface area contributed by atoms with Crippen molar-refractivity contribution in [3.05, 3.63) is 52.4 Å². The maximum absolute atomic E-state index is 13.1. The van der Waals surface area contributed by atoms with Gasteiger partial charge in [-0.15, -0.1) is 0 Å². The van der Waals surface area contributed by atoms with Crippen LogP contribution in [0.1, 0.15) is 10.4 Å². The molecule has 98 valence electrons. The Balaban J connectivity index is 2.28. The maximum atomic E-state index is 13.1. The van der Waals surface area contributed by atoms with Gasteiger partial charge in [0.15, 0.2) is 0 Å². The molecule has 0 N–H and O–H groups in total. The van der Waals surface area contributed by atoms with Crippen molar-refractivity contribution in [2.75, 3.05) is 7.11 Å². The molecule has 0 radical (unpaired) electrons. The van der Waals surface area contributed by atoms with Crippen LogP contribution in [0.4, 0.5) is 4.39 Å². The SMILES string of the molecule is COC(=O)c1ccnc(Oc2cc(F)ccc2Br)c1. The van der Waals surface area contributed by atoms with Crippen LogP contribution in [-0.2, 0) is 4.74 Å². The highest BCUT2D eigenvalue weighted by Crippen LogP contribution is 2.29. The predicted octanol–water partition coefficient (Wildman–Crippen LogP) is 3.56. The lowest BCUT2D eigenvalue weighted by molar-refractivity contribution is 0.0600. The number of benzene rings is 1. The molecule has 0 unspecified atom stereocenters. The number of pyridine rings is 1. The van der Waals surface area contributed by atoms with E-state index in [9.17, 15) is 9.18 Å². The van der Waals surface area contributed by atoms with Crippen LogP contribution in [0, 0.1) is 5.82 Å². The fraction of sp³-hybridized carbons (Fsp3) is 0.0769. The Hall–Kier alpha value is -1.95. The molecule has 2 rings (SSSR count). The van der Waals surface area contributed by atoms with E-state index in [2.05, 4.69) is 25.7 Å². The van der Waals surface area contributed by atoms with Crippen LogP contribution in [0.25, 0.3) is 0 Å². The van der Waals surface area contributed by atoms with Gasteiger partial charge in [-0.05, 0) is 34.1 Å². The molecule has 0 saturated heterocycles. The molecule has 4 nitrogen and oxygen atoms in total. The minimum absolute atomic E-state index is 0.175. The monoisotopic (exact) mass is 325 g/mol. The molecule has 19 heavy (non-hydrogen) atoms. The number of methoxy groups -OCH3 is 1. The van der Waals surface area contributed by atoms with Crippen molar-refractivity contribution in [3.8, 4) is 11.6 Å². The zero-order chi connectivity index (χ0) is 13.8. The van der Waals surface area contributed by atoms with Crippen molar-refractivity contribution in [1.82, 2.24) is 4.98 Å². The van der Waals surface area contributed by atoms with E-state index in [0.717, 1.165) is 0 Å². The minimum Gasteiger partial charge on any atom is -0.465 e. The van der Waals surface area contributed by atoms with E-state index in [4.69, 9.17) is 4.74 Å². The van der Waals surface area contributed by atoms with Gasteiger partial charge in [-0.1, -0.05) is 0 Å². The summed E-state index contributed by atoms with van der Waals surface area (Å²) in [5, 5.41) is 0. The fourth-order valence-corrected chi connectivity index (χ4v) is 1.71. The second-order valence-electron chi connectivity index (χ2n) is 3.55. The van der Waals surface area contributed by atoms with Crippen LogP contribution in [0.5, 0.6) is 11.6 Å². The number of halogens is 2. The summed E-state index contributed by atoms with van der Waals surface area (Å²) in [6, 6.07) is 6.96. The van der Waals surface area contributed by atoms with Gasteiger partial charge in [0, 0.05) is 18.3 Å². The molecule has 0 atom stereocenters. The summed E-state index contributed by atoms with van der Waals surface area (Å²) in [7, 11) is 1.28. The van der Waals surface area contributed by atoms with E-state index < -0.39 is 11.8 Å². The molecule has 0 spiro atoms. The van der Waals surface area contributed by atoms with E-state index in [-0.39, 0.29) is 11.6 Å². The van der Waals surface area contributed by atoms with Crippen molar-refractivity contribution in [2.45, 2.75) is 0 Å². The number of nitrogens with zero attached hydrogens (tertiary/aromatic N) is 1. The highest BCUT2D eigenvalue weighted by molar-refractivity contribution is 9.10. The third-order valence-corrected chi connectivity index (χ3v) is 2.92. The third-order valence-electron chi connectivity index (χ3n) is 2.26. The largest absolute Gasteiger partial charge is 0.465 e. The van der Waals surface area contributed by atoms with Crippen molar-refractivity contribution in [2.24, 2.45) is 0 Å². The van der Waals surface area contributed by atoms with Gasteiger partial charge in [0.05, 0.1) is 17.1 Å². The summed E-state index contributed by atoms with van der Waals surface area (Å²) in [6.45, 7) is 0. The van der Waals surface area contributed by atoms with Crippen LogP contribution in [0.3, 0.4) is 0 Å². The van der Waals surface area contributed by atoms with Gasteiger partial charge in [-0.3, -0.25) is 0 Å². The van der Waals surface area contributed by atoms with Crippen LogP contribution in [0.2, 0.25) is 0 Å². The van der Waals surface area contributed by atoms with Crippen molar-refractivity contribution < 1.29 is 18.7 Å². The number of ether oxygens (including phenoxy) is 2. The average molecular weight is 326 g/mol. The number of esters is 1. The summed E-state index contributed by atoms with van der Waals surface area (Å²) >= 11 is 3.24. The van der Waals surface area contributed by atoms with Gasteiger partial charge >= 0.3 is 5.97 Å². The average Bonchev–Trinajstić information content (AvgIpc) is 2.42. The number of aromatic nitrogens is 1. The van der Waals surface area contributed by atoms with Crippen molar-refractivity contribution in [3.63, 3.8) is 0 Å². The highest BCUT2D eigenvalue weighted by Gasteiger charge is 2.09. The van der Waals surface area contributed by atoms with Gasteiger partial charge in [-0.2, -0.15) is 0 Å². The zero-order valence-electron chi connectivity index (χ0n) is 9.89. The first-order chi connectivity index (χ1) is 9.10. The lowest BCUT2D eigenvalue weighted by Crippen LogP contribution is -2.01. The normalized spacial score (nSPS) is 10.1. The molecule has 0 amide bonds. The molecular formula is C13H9BrFNO3. The Morgan fingerprint density at radius 3 is 2.84 bits per heavy atom. The molecular weight excluding hydrogens is 317 g/mol. The molecule has 0 bridgehead atoms. The van der Waals surface area contributed by atoms with Gasteiger partial charge in [0.2, 0.25) is 5.88 Å². The maximum Gasteiger partial charge on any atom is 0.338 e. The predicted molar refractivity (Wildman–Crippen MR) is 69.8 cm³/mol. The minimum atomic E-state index is -0.495. The number of carbonyl (C=O) groups is 1. The lowest BCUT2D eigenvalue weighted by atomic mass is 10.3. The van der Waals surface area contributed by atoms with E-state index in [1.807, 2.05) is 0 Å². The molecule has 0 aliphatic rings. The number of hydrogen-bond acceptors (Lipinski definition) is 4.